The van der Waals surface area contributed by atoms with Gasteiger partial charge in [0, 0.05) is 12.1 Å². The number of amides is 2. The van der Waals surface area contributed by atoms with Gasteiger partial charge in [-0.1, -0.05) is 0 Å². The molecule has 0 spiro atoms. The molecule has 0 aliphatic carbocycles. The monoisotopic (exact) mass is 290 g/mol. The van der Waals surface area contributed by atoms with E-state index < -0.39 is 6.09 Å². The average molecular weight is 290 g/mol. The maximum atomic E-state index is 11.9. The Hall–Kier alpha value is -2.57. The van der Waals surface area contributed by atoms with Crippen LogP contribution in [0.1, 0.15) is 12.8 Å². The third-order valence-corrected chi connectivity index (χ3v) is 3.39. The van der Waals surface area contributed by atoms with Crippen molar-refractivity contribution in [3.05, 3.63) is 18.2 Å². The van der Waals surface area contributed by atoms with Gasteiger partial charge in [0.25, 0.3) is 5.91 Å². The van der Waals surface area contributed by atoms with Crippen LogP contribution in [0.5, 0.6) is 5.75 Å². The number of anilines is 2. The molecule has 0 bridgehead atoms. The maximum absolute atomic E-state index is 11.9. The van der Waals surface area contributed by atoms with Crippen molar-refractivity contribution in [1.29, 1.82) is 0 Å². The lowest BCUT2D eigenvalue weighted by molar-refractivity contribution is -0.118. The Labute approximate surface area is 120 Å². The first kappa shape index (κ1) is 13.4. The van der Waals surface area contributed by atoms with Crippen molar-refractivity contribution in [2.45, 2.75) is 18.9 Å². The normalized spacial score (nSPS) is 20.4. The minimum atomic E-state index is -0.450. The van der Waals surface area contributed by atoms with Gasteiger partial charge in [-0.05, 0) is 24.6 Å². The zero-order valence-electron chi connectivity index (χ0n) is 11.2. The zero-order chi connectivity index (χ0) is 14.8. The number of nitrogens with one attached hydrogen (secondary N) is 1. The fraction of sp³-hybridized carbons (Fsp3) is 0.357. The molecule has 2 amide bonds. The quantitative estimate of drug-likeness (QED) is 0.845. The molecule has 2 heterocycles. The second-order valence-electron chi connectivity index (χ2n) is 4.88. The topological polar surface area (TPSA) is 84.9 Å². The minimum absolute atomic E-state index is 0.00806. The number of cyclic esters (lactones) is 1. The molecule has 1 aromatic carbocycles. The van der Waals surface area contributed by atoms with Gasteiger partial charge >= 0.3 is 6.09 Å². The molecule has 7 heteroatoms. The minimum Gasteiger partial charge on any atom is -0.482 e. The number of carbonyl (C=O) groups excluding carboxylic acids is 3. The van der Waals surface area contributed by atoms with Crippen molar-refractivity contribution in [1.82, 2.24) is 0 Å². The molecule has 0 saturated carbocycles. The van der Waals surface area contributed by atoms with Gasteiger partial charge in [0.2, 0.25) is 0 Å². The number of aldehydes is 1. The molecule has 21 heavy (non-hydrogen) atoms. The first-order chi connectivity index (χ1) is 10.2. The van der Waals surface area contributed by atoms with Crippen LogP contribution in [0.15, 0.2) is 18.2 Å². The smallest absolute Gasteiger partial charge is 0.414 e. The molecule has 1 fully saturated rings. The van der Waals surface area contributed by atoms with Crippen LogP contribution in [-0.4, -0.2) is 37.5 Å². The van der Waals surface area contributed by atoms with Gasteiger partial charge in [-0.25, -0.2) is 4.79 Å². The van der Waals surface area contributed by atoms with Crippen LogP contribution < -0.4 is 15.0 Å². The van der Waals surface area contributed by atoms with E-state index in [1.807, 2.05) is 0 Å². The average Bonchev–Trinajstić information content (AvgIpc) is 2.85. The summed E-state index contributed by atoms with van der Waals surface area (Å²) >= 11 is 0. The lowest BCUT2D eigenvalue weighted by Gasteiger charge is -2.20. The van der Waals surface area contributed by atoms with E-state index in [9.17, 15) is 14.4 Å². The Bertz CT molecular complexity index is 601. The number of ether oxygens (including phenoxy) is 2. The summed E-state index contributed by atoms with van der Waals surface area (Å²) < 4.78 is 10.5. The molecule has 2 aliphatic rings. The summed E-state index contributed by atoms with van der Waals surface area (Å²) in [5.74, 6) is 0.343. The van der Waals surface area contributed by atoms with E-state index in [-0.39, 0.29) is 18.6 Å². The SMILES string of the molecule is O=CCC[C@@H]1CN(c2ccc3c(c2)NC(=O)CO3)C(=O)O1. The molecule has 0 unspecified atom stereocenters. The maximum Gasteiger partial charge on any atom is 0.414 e. The van der Waals surface area contributed by atoms with E-state index in [1.54, 1.807) is 18.2 Å². The summed E-state index contributed by atoms with van der Waals surface area (Å²) in [4.78, 5) is 35.1. The lowest BCUT2D eigenvalue weighted by atomic mass is 10.2. The Morgan fingerprint density at radius 1 is 1.38 bits per heavy atom. The zero-order valence-corrected chi connectivity index (χ0v) is 11.2. The molecule has 1 aromatic rings. The Morgan fingerprint density at radius 2 is 2.24 bits per heavy atom. The number of carbonyl (C=O) groups is 3. The van der Waals surface area contributed by atoms with Crippen LogP contribution in [0.2, 0.25) is 0 Å². The number of hydrogen-bond acceptors (Lipinski definition) is 5. The summed E-state index contributed by atoms with van der Waals surface area (Å²) in [6.07, 6.45) is 0.942. The van der Waals surface area contributed by atoms with Crippen molar-refractivity contribution in [2.24, 2.45) is 0 Å². The Kier molecular flexibility index (Phi) is 3.47. The Morgan fingerprint density at radius 3 is 3.05 bits per heavy atom. The summed E-state index contributed by atoms with van der Waals surface area (Å²) in [6.45, 7) is 0.381. The third-order valence-electron chi connectivity index (χ3n) is 3.39. The molecule has 0 aromatic heterocycles. The molecule has 1 atom stereocenters. The van der Waals surface area contributed by atoms with Crippen LogP contribution in [0.4, 0.5) is 16.2 Å². The van der Waals surface area contributed by atoms with Crippen LogP contribution in [0.25, 0.3) is 0 Å². The second-order valence-corrected chi connectivity index (χ2v) is 4.88. The van der Waals surface area contributed by atoms with Crippen molar-refractivity contribution < 1.29 is 23.9 Å². The van der Waals surface area contributed by atoms with Crippen LogP contribution in [0, 0.1) is 0 Å². The first-order valence-electron chi connectivity index (χ1n) is 6.66. The van der Waals surface area contributed by atoms with E-state index in [0.717, 1.165) is 6.29 Å². The van der Waals surface area contributed by atoms with Crippen molar-refractivity contribution in [2.75, 3.05) is 23.4 Å². The Balaban J connectivity index is 1.78. The predicted octanol–water partition coefficient (Wildman–Crippen LogP) is 1.32. The van der Waals surface area contributed by atoms with E-state index in [0.29, 0.717) is 36.5 Å². The molecule has 1 N–H and O–H groups in total. The highest BCUT2D eigenvalue weighted by Gasteiger charge is 2.32. The van der Waals surface area contributed by atoms with Crippen molar-refractivity contribution in [3.8, 4) is 5.75 Å². The van der Waals surface area contributed by atoms with Gasteiger partial charge < -0.3 is 19.6 Å². The number of rotatable bonds is 4. The number of fused-ring (bicyclic) bond motifs is 1. The molecule has 110 valence electrons. The first-order valence-corrected chi connectivity index (χ1v) is 6.66. The van der Waals surface area contributed by atoms with Crippen molar-refractivity contribution in [3.63, 3.8) is 0 Å². The number of nitrogens with zero attached hydrogens (tertiary/aromatic N) is 1. The van der Waals surface area contributed by atoms with Gasteiger partial charge in [-0.3, -0.25) is 9.69 Å². The standard InChI is InChI=1S/C14H14N2O5/c17-5-1-2-10-7-16(14(19)21-10)9-3-4-12-11(6-9)15-13(18)8-20-12/h3-6,10H,1-2,7-8H2,(H,15,18)/t10-/m1/s1. The highest BCUT2D eigenvalue weighted by atomic mass is 16.6. The number of hydrogen-bond donors (Lipinski definition) is 1. The van der Waals surface area contributed by atoms with Gasteiger partial charge in [-0.15, -0.1) is 0 Å². The highest BCUT2D eigenvalue weighted by Crippen LogP contribution is 2.33. The largest absolute Gasteiger partial charge is 0.482 e. The molecule has 0 radical (unpaired) electrons. The van der Waals surface area contributed by atoms with Gasteiger partial charge in [0.15, 0.2) is 6.61 Å². The summed E-state index contributed by atoms with van der Waals surface area (Å²) in [5.41, 5.74) is 1.16. The van der Waals surface area contributed by atoms with Gasteiger partial charge in [-0.2, -0.15) is 0 Å². The van der Waals surface area contributed by atoms with E-state index in [2.05, 4.69) is 5.32 Å². The predicted molar refractivity (Wildman–Crippen MR) is 73.5 cm³/mol. The van der Waals surface area contributed by atoms with Crippen LogP contribution in [0.3, 0.4) is 0 Å². The molecular formula is C14H14N2O5. The van der Waals surface area contributed by atoms with Crippen molar-refractivity contribution >= 4 is 29.7 Å². The highest BCUT2D eigenvalue weighted by molar-refractivity contribution is 5.97. The lowest BCUT2D eigenvalue weighted by Crippen LogP contribution is -2.27. The fourth-order valence-electron chi connectivity index (χ4n) is 2.38. The second kappa shape index (κ2) is 5.43. The molecule has 2 aliphatic heterocycles. The van der Waals surface area contributed by atoms with E-state index in [1.165, 1.54) is 4.90 Å². The summed E-state index contributed by atoms with van der Waals surface area (Å²) in [7, 11) is 0. The van der Waals surface area contributed by atoms with Gasteiger partial charge in [0.05, 0.1) is 12.2 Å². The molecular weight excluding hydrogens is 276 g/mol. The molecule has 3 rings (SSSR count). The van der Waals surface area contributed by atoms with E-state index in [4.69, 9.17) is 9.47 Å². The number of benzene rings is 1. The molecule has 1 saturated heterocycles. The molecule has 7 nitrogen and oxygen atoms in total. The summed E-state index contributed by atoms with van der Waals surface area (Å²) in [5, 5.41) is 2.70. The van der Waals surface area contributed by atoms with E-state index >= 15 is 0 Å². The summed E-state index contributed by atoms with van der Waals surface area (Å²) in [6, 6.07) is 5.12. The van der Waals surface area contributed by atoms with Gasteiger partial charge in [0.1, 0.15) is 18.1 Å². The van der Waals surface area contributed by atoms with Crippen LogP contribution >= 0.6 is 0 Å². The van der Waals surface area contributed by atoms with Crippen LogP contribution in [-0.2, 0) is 14.3 Å². The third kappa shape index (κ3) is 2.67. The fourth-order valence-corrected chi connectivity index (χ4v) is 2.38.